The Kier molecular flexibility index (Phi) is 2.98. The number of likely N-dealkylation sites (tertiary alicyclic amines) is 1. The van der Waals surface area contributed by atoms with E-state index in [9.17, 15) is 9.59 Å². The van der Waals surface area contributed by atoms with Crippen molar-refractivity contribution in [3.63, 3.8) is 0 Å². The third kappa shape index (κ3) is 2.21. The van der Waals surface area contributed by atoms with Crippen molar-refractivity contribution < 1.29 is 14.7 Å². The molecule has 0 bridgehead atoms. The Bertz CT molecular complexity index is 649. The minimum Gasteiger partial charge on any atom is -0.481 e. The number of fused-ring (bicyclic) bond motifs is 1. The van der Waals surface area contributed by atoms with Crippen LogP contribution in [0.2, 0.25) is 0 Å². The molecule has 1 N–H and O–H groups in total. The number of aliphatic carboxylic acids is 1. The molecule has 1 saturated heterocycles. The van der Waals surface area contributed by atoms with Gasteiger partial charge >= 0.3 is 5.97 Å². The smallest absolute Gasteiger partial charge is 0.308 e. The van der Waals surface area contributed by atoms with E-state index in [-0.39, 0.29) is 12.3 Å². The molecular weight excluding hydrogens is 262 g/mol. The molecule has 2 aromatic rings. The van der Waals surface area contributed by atoms with Crippen molar-refractivity contribution in [3.05, 3.63) is 35.2 Å². The Morgan fingerprint density at radius 1 is 1.42 bits per heavy atom. The number of carboxylic acids is 1. The van der Waals surface area contributed by atoms with E-state index in [1.54, 1.807) is 16.2 Å². The van der Waals surface area contributed by atoms with Crippen LogP contribution in [0.4, 0.5) is 0 Å². The van der Waals surface area contributed by atoms with Gasteiger partial charge in [-0.2, -0.15) is 0 Å². The summed E-state index contributed by atoms with van der Waals surface area (Å²) in [6.07, 6.45) is 0.122. The van der Waals surface area contributed by atoms with Crippen LogP contribution in [0.15, 0.2) is 29.6 Å². The molecule has 1 aliphatic rings. The van der Waals surface area contributed by atoms with Crippen LogP contribution in [0.1, 0.15) is 12.0 Å². The van der Waals surface area contributed by atoms with E-state index in [0.717, 1.165) is 10.9 Å². The molecule has 1 fully saturated rings. The molecular formula is C14H13NO3S. The van der Waals surface area contributed by atoms with Gasteiger partial charge in [-0.1, -0.05) is 18.2 Å². The lowest BCUT2D eigenvalue weighted by Crippen LogP contribution is -2.25. The monoisotopic (exact) mass is 275 g/mol. The predicted octanol–water partition coefficient (Wildman–Crippen LogP) is 2.33. The van der Waals surface area contributed by atoms with E-state index in [4.69, 9.17) is 5.11 Å². The number of hydrogen-bond donors (Lipinski definition) is 1. The second-order valence-corrected chi connectivity index (χ2v) is 5.68. The summed E-state index contributed by atoms with van der Waals surface area (Å²) in [5, 5.41) is 12.2. The van der Waals surface area contributed by atoms with E-state index < -0.39 is 11.9 Å². The Hall–Kier alpha value is -1.88. The number of carbonyl (C=O) groups excluding carboxylic acids is 1. The maximum Gasteiger partial charge on any atom is 0.308 e. The molecule has 1 aliphatic heterocycles. The first-order valence-electron chi connectivity index (χ1n) is 6.11. The summed E-state index contributed by atoms with van der Waals surface area (Å²) in [4.78, 5) is 24.4. The van der Waals surface area contributed by atoms with E-state index >= 15 is 0 Å². The van der Waals surface area contributed by atoms with Crippen molar-refractivity contribution in [2.45, 2.75) is 13.0 Å². The fourth-order valence-electron chi connectivity index (χ4n) is 2.45. The zero-order valence-corrected chi connectivity index (χ0v) is 11.0. The summed E-state index contributed by atoms with van der Waals surface area (Å²) in [7, 11) is 0. The Balaban J connectivity index is 1.82. The van der Waals surface area contributed by atoms with Crippen LogP contribution >= 0.6 is 11.3 Å². The summed E-state index contributed by atoms with van der Waals surface area (Å²) in [5.41, 5.74) is 1.10. The predicted molar refractivity (Wildman–Crippen MR) is 73.0 cm³/mol. The first-order chi connectivity index (χ1) is 9.15. The number of carboxylic acid groups (broad SMARTS) is 1. The highest BCUT2D eigenvalue weighted by Gasteiger charge is 2.34. The zero-order chi connectivity index (χ0) is 13.4. The van der Waals surface area contributed by atoms with Gasteiger partial charge in [-0.25, -0.2) is 0 Å². The topological polar surface area (TPSA) is 57.6 Å². The summed E-state index contributed by atoms with van der Waals surface area (Å²) in [6.45, 7) is 0.824. The first kappa shape index (κ1) is 12.2. The van der Waals surface area contributed by atoms with Gasteiger partial charge in [0.15, 0.2) is 0 Å². The quantitative estimate of drug-likeness (QED) is 0.935. The van der Waals surface area contributed by atoms with Gasteiger partial charge in [0.05, 0.1) is 5.92 Å². The van der Waals surface area contributed by atoms with Gasteiger partial charge in [0.2, 0.25) is 5.91 Å². The van der Waals surface area contributed by atoms with Crippen molar-refractivity contribution in [2.24, 2.45) is 5.92 Å². The highest BCUT2D eigenvalue weighted by molar-refractivity contribution is 7.17. The van der Waals surface area contributed by atoms with Gasteiger partial charge in [-0.05, 0) is 22.4 Å². The number of benzene rings is 1. The highest BCUT2D eigenvalue weighted by atomic mass is 32.1. The van der Waals surface area contributed by atoms with Gasteiger partial charge in [-0.15, -0.1) is 11.3 Å². The van der Waals surface area contributed by atoms with Gasteiger partial charge in [0.25, 0.3) is 0 Å². The van der Waals surface area contributed by atoms with Crippen LogP contribution in [-0.2, 0) is 16.1 Å². The summed E-state index contributed by atoms with van der Waals surface area (Å²) in [5.74, 6) is -1.51. The molecule has 0 unspecified atom stereocenters. The molecule has 0 saturated carbocycles. The molecule has 1 aromatic carbocycles. The lowest BCUT2D eigenvalue weighted by molar-refractivity contribution is -0.141. The molecule has 19 heavy (non-hydrogen) atoms. The minimum atomic E-state index is -0.883. The Morgan fingerprint density at radius 3 is 2.95 bits per heavy atom. The molecule has 1 amide bonds. The van der Waals surface area contributed by atoms with E-state index in [0.29, 0.717) is 13.1 Å². The number of amides is 1. The third-order valence-electron chi connectivity index (χ3n) is 3.49. The third-order valence-corrected chi connectivity index (χ3v) is 4.50. The molecule has 1 aromatic heterocycles. The maximum absolute atomic E-state index is 11.8. The zero-order valence-electron chi connectivity index (χ0n) is 10.2. The molecule has 0 aliphatic carbocycles. The van der Waals surface area contributed by atoms with Crippen LogP contribution in [0.3, 0.4) is 0 Å². The van der Waals surface area contributed by atoms with Gasteiger partial charge in [0.1, 0.15) is 0 Å². The number of rotatable bonds is 3. The van der Waals surface area contributed by atoms with E-state index in [2.05, 4.69) is 6.07 Å². The fourth-order valence-corrected chi connectivity index (χ4v) is 3.41. The largest absolute Gasteiger partial charge is 0.481 e. The van der Waals surface area contributed by atoms with Crippen LogP contribution in [-0.4, -0.2) is 28.4 Å². The Morgan fingerprint density at radius 2 is 2.21 bits per heavy atom. The molecule has 0 radical (unpaired) electrons. The molecule has 98 valence electrons. The second-order valence-electron chi connectivity index (χ2n) is 4.77. The highest BCUT2D eigenvalue weighted by Crippen LogP contribution is 2.28. The SMILES string of the molecule is O=C(O)[C@H]1CC(=O)N(Cc2csc3ccccc23)C1. The standard InChI is InChI=1S/C14H13NO3S/c16-13-5-9(14(17)18)6-15(13)7-10-8-19-12-4-2-1-3-11(10)12/h1-4,8-9H,5-7H2,(H,17,18)/t9-/m0/s1. The average molecular weight is 275 g/mol. The van der Waals surface area contributed by atoms with Gasteiger partial charge in [0, 0.05) is 24.2 Å². The molecule has 5 heteroatoms. The minimum absolute atomic E-state index is 0.0670. The van der Waals surface area contributed by atoms with Crippen molar-refractivity contribution in [2.75, 3.05) is 6.54 Å². The van der Waals surface area contributed by atoms with Gasteiger partial charge in [-0.3, -0.25) is 9.59 Å². The lowest BCUT2D eigenvalue weighted by Gasteiger charge is -2.15. The lowest BCUT2D eigenvalue weighted by atomic mass is 10.1. The number of nitrogens with zero attached hydrogens (tertiary/aromatic N) is 1. The summed E-state index contributed by atoms with van der Waals surface area (Å²) >= 11 is 1.65. The molecule has 3 rings (SSSR count). The van der Waals surface area contributed by atoms with Crippen LogP contribution in [0.5, 0.6) is 0 Å². The fraction of sp³-hybridized carbons (Fsp3) is 0.286. The van der Waals surface area contributed by atoms with E-state index in [1.165, 1.54) is 4.70 Å². The number of thiophene rings is 1. The normalized spacial score (nSPS) is 19.3. The summed E-state index contributed by atoms with van der Waals surface area (Å²) in [6, 6.07) is 8.06. The first-order valence-corrected chi connectivity index (χ1v) is 6.99. The number of carbonyl (C=O) groups is 2. The van der Waals surface area contributed by atoms with Crippen molar-refractivity contribution in [1.29, 1.82) is 0 Å². The molecule has 0 spiro atoms. The maximum atomic E-state index is 11.8. The van der Waals surface area contributed by atoms with Crippen LogP contribution in [0.25, 0.3) is 10.1 Å². The number of hydrogen-bond acceptors (Lipinski definition) is 3. The van der Waals surface area contributed by atoms with Crippen molar-refractivity contribution in [1.82, 2.24) is 4.90 Å². The van der Waals surface area contributed by atoms with E-state index in [1.807, 2.05) is 23.6 Å². The molecule has 1 atom stereocenters. The van der Waals surface area contributed by atoms with Crippen LogP contribution < -0.4 is 0 Å². The van der Waals surface area contributed by atoms with Gasteiger partial charge < -0.3 is 10.0 Å². The summed E-state index contributed by atoms with van der Waals surface area (Å²) < 4.78 is 1.19. The average Bonchev–Trinajstić information content (AvgIpc) is 2.96. The van der Waals surface area contributed by atoms with Crippen molar-refractivity contribution >= 4 is 33.3 Å². The van der Waals surface area contributed by atoms with Crippen molar-refractivity contribution in [3.8, 4) is 0 Å². The molecule has 4 nitrogen and oxygen atoms in total. The second kappa shape index (κ2) is 4.66. The van der Waals surface area contributed by atoms with Crippen LogP contribution in [0, 0.1) is 5.92 Å². The molecule has 2 heterocycles. The Labute approximate surface area is 114 Å².